The summed E-state index contributed by atoms with van der Waals surface area (Å²) in [4.78, 5) is 60.7. The van der Waals surface area contributed by atoms with E-state index in [4.69, 9.17) is 21.7 Å². The summed E-state index contributed by atoms with van der Waals surface area (Å²) in [5.41, 5.74) is 10.7. The summed E-state index contributed by atoms with van der Waals surface area (Å²) in [7, 11) is 0. The van der Waals surface area contributed by atoms with Crippen molar-refractivity contribution in [3.8, 4) is 0 Å². The van der Waals surface area contributed by atoms with E-state index in [1.807, 2.05) is 5.32 Å². The first kappa shape index (κ1) is 24.3. The maximum Gasteiger partial charge on any atom is 0.328 e. The van der Waals surface area contributed by atoms with E-state index in [2.05, 4.69) is 5.32 Å². The van der Waals surface area contributed by atoms with Gasteiger partial charge in [-0.3, -0.25) is 19.2 Å². The zero-order valence-corrected chi connectivity index (χ0v) is 15.9. The Balaban J connectivity index is 2.91. The van der Waals surface area contributed by atoms with Gasteiger partial charge >= 0.3 is 5.97 Å². The van der Waals surface area contributed by atoms with Gasteiger partial charge in [-0.25, -0.2) is 4.79 Å². The lowest BCUT2D eigenvalue weighted by Crippen LogP contribution is -2.58. The van der Waals surface area contributed by atoms with E-state index in [0.717, 1.165) is 0 Å². The lowest BCUT2D eigenvalue weighted by molar-refractivity contribution is -0.144. The van der Waals surface area contributed by atoms with Gasteiger partial charge in [0.25, 0.3) is 0 Å². The van der Waals surface area contributed by atoms with Crippen molar-refractivity contribution in [2.75, 3.05) is 13.2 Å². The van der Waals surface area contributed by atoms with Crippen molar-refractivity contribution in [2.24, 2.45) is 11.5 Å². The molecule has 0 spiro atoms. The van der Waals surface area contributed by atoms with Crippen molar-refractivity contribution < 1.29 is 39.3 Å². The van der Waals surface area contributed by atoms with E-state index in [9.17, 15) is 29.1 Å². The third-order valence-corrected chi connectivity index (χ3v) is 4.48. The van der Waals surface area contributed by atoms with Crippen LogP contribution < -0.4 is 22.1 Å². The van der Waals surface area contributed by atoms with Crippen molar-refractivity contribution in [3.63, 3.8) is 0 Å². The highest BCUT2D eigenvalue weighted by Gasteiger charge is 2.39. The van der Waals surface area contributed by atoms with E-state index in [1.165, 1.54) is 11.8 Å². The monoisotopic (exact) mass is 417 g/mol. The molecule has 4 amide bonds. The van der Waals surface area contributed by atoms with Crippen LogP contribution in [0.3, 0.4) is 0 Å². The van der Waals surface area contributed by atoms with Gasteiger partial charge in [0.1, 0.15) is 24.2 Å². The van der Waals surface area contributed by atoms with Crippen LogP contribution in [0, 0.1) is 0 Å². The molecule has 13 nitrogen and oxygen atoms in total. The highest BCUT2D eigenvalue weighted by molar-refractivity contribution is 5.96. The molecule has 29 heavy (non-hydrogen) atoms. The molecule has 5 unspecified atom stereocenters. The van der Waals surface area contributed by atoms with Crippen LogP contribution in [0.15, 0.2) is 0 Å². The average Bonchev–Trinajstić information content (AvgIpc) is 3.13. The standard InChI is InChI=1S/C16H27N5O8/c1-7(23)12(18)15(27)21-4-2-3-10(21)14(26)19-8(5-11(17)24)13(25)20-9(6-22)16(28)29/h7-10,12,22-23H,2-6,18H2,1H3,(H2,17,24)(H,19,26)(H,20,25)(H,28,29). The number of amides is 4. The Morgan fingerprint density at radius 3 is 2.28 bits per heavy atom. The van der Waals surface area contributed by atoms with E-state index in [-0.39, 0.29) is 13.0 Å². The summed E-state index contributed by atoms with van der Waals surface area (Å²) in [6.07, 6.45) is -1.01. The number of carbonyl (C=O) groups is 5. The van der Waals surface area contributed by atoms with Crippen LogP contribution in [0.5, 0.6) is 0 Å². The van der Waals surface area contributed by atoms with Crippen LogP contribution in [0.1, 0.15) is 26.2 Å². The molecule has 1 aliphatic heterocycles. The molecular formula is C16H27N5O8. The smallest absolute Gasteiger partial charge is 0.328 e. The molecule has 0 saturated carbocycles. The van der Waals surface area contributed by atoms with E-state index in [1.54, 1.807) is 0 Å². The molecule has 1 rings (SSSR count). The van der Waals surface area contributed by atoms with Gasteiger partial charge in [0.05, 0.1) is 19.1 Å². The fraction of sp³-hybridized carbons (Fsp3) is 0.688. The number of rotatable bonds is 10. The van der Waals surface area contributed by atoms with Crippen molar-refractivity contribution in [2.45, 2.75) is 56.5 Å². The Morgan fingerprint density at radius 1 is 1.17 bits per heavy atom. The van der Waals surface area contributed by atoms with Crippen LogP contribution in [0.25, 0.3) is 0 Å². The molecule has 0 radical (unpaired) electrons. The Labute approximate surface area is 166 Å². The van der Waals surface area contributed by atoms with Gasteiger partial charge in [-0.2, -0.15) is 0 Å². The van der Waals surface area contributed by atoms with Crippen LogP contribution in [0.2, 0.25) is 0 Å². The number of nitrogens with two attached hydrogens (primary N) is 2. The minimum absolute atomic E-state index is 0.218. The van der Waals surface area contributed by atoms with Crippen molar-refractivity contribution >= 4 is 29.6 Å². The summed E-state index contributed by atoms with van der Waals surface area (Å²) < 4.78 is 0. The molecule has 164 valence electrons. The molecule has 1 fully saturated rings. The zero-order valence-electron chi connectivity index (χ0n) is 15.9. The fourth-order valence-electron chi connectivity index (χ4n) is 2.84. The van der Waals surface area contributed by atoms with Crippen molar-refractivity contribution in [3.05, 3.63) is 0 Å². The zero-order chi connectivity index (χ0) is 22.3. The lowest BCUT2D eigenvalue weighted by atomic mass is 10.1. The summed E-state index contributed by atoms with van der Waals surface area (Å²) >= 11 is 0. The number of likely N-dealkylation sites (tertiary alicyclic amines) is 1. The fourth-order valence-corrected chi connectivity index (χ4v) is 2.84. The lowest BCUT2D eigenvalue weighted by Gasteiger charge is -2.29. The number of carbonyl (C=O) groups excluding carboxylic acids is 4. The maximum absolute atomic E-state index is 12.6. The van der Waals surface area contributed by atoms with Gasteiger partial charge in [0.15, 0.2) is 0 Å². The van der Waals surface area contributed by atoms with Crippen molar-refractivity contribution in [1.82, 2.24) is 15.5 Å². The second-order valence-electron chi connectivity index (χ2n) is 6.77. The van der Waals surface area contributed by atoms with Gasteiger partial charge in [-0.05, 0) is 19.8 Å². The molecule has 1 heterocycles. The summed E-state index contributed by atoms with van der Waals surface area (Å²) in [6, 6.07) is -5.35. The minimum atomic E-state index is -1.64. The highest BCUT2D eigenvalue weighted by atomic mass is 16.4. The van der Waals surface area contributed by atoms with Crippen LogP contribution in [-0.4, -0.2) is 93.2 Å². The molecule has 0 bridgehead atoms. The first-order chi connectivity index (χ1) is 13.5. The number of aliphatic hydroxyl groups is 2. The van der Waals surface area contributed by atoms with Crippen LogP contribution in [-0.2, 0) is 24.0 Å². The molecule has 0 aromatic heterocycles. The third kappa shape index (κ3) is 6.66. The Bertz CT molecular complexity index is 655. The second-order valence-corrected chi connectivity index (χ2v) is 6.77. The Kier molecular flexibility index (Phi) is 8.94. The molecule has 0 aromatic rings. The SMILES string of the molecule is CC(O)C(N)C(=O)N1CCCC1C(=O)NC(CC(N)=O)C(=O)NC(CO)C(=O)O. The van der Waals surface area contributed by atoms with Gasteiger partial charge in [-0.15, -0.1) is 0 Å². The molecule has 1 saturated heterocycles. The normalized spacial score (nSPS) is 20.3. The quantitative estimate of drug-likeness (QED) is 0.182. The molecule has 0 aromatic carbocycles. The summed E-state index contributed by atoms with van der Waals surface area (Å²) in [6.45, 7) is 0.650. The van der Waals surface area contributed by atoms with E-state index >= 15 is 0 Å². The van der Waals surface area contributed by atoms with Gasteiger partial charge < -0.3 is 42.3 Å². The number of nitrogens with zero attached hydrogens (tertiary/aromatic N) is 1. The first-order valence-corrected chi connectivity index (χ1v) is 8.96. The average molecular weight is 417 g/mol. The third-order valence-electron chi connectivity index (χ3n) is 4.48. The molecular weight excluding hydrogens is 390 g/mol. The number of hydrogen-bond donors (Lipinski definition) is 7. The molecule has 1 aliphatic rings. The number of nitrogens with one attached hydrogen (secondary N) is 2. The summed E-state index contributed by atoms with van der Waals surface area (Å²) in [5.74, 6) is -4.87. The minimum Gasteiger partial charge on any atom is -0.480 e. The Hall–Kier alpha value is -2.77. The number of aliphatic hydroxyl groups excluding tert-OH is 2. The van der Waals surface area contributed by atoms with E-state index in [0.29, 0.717) is 6.42 Å². The van der Waals surface area contributed by atoms with Crippen LogP contribution in [0.4, 0.5) is 0 Å². The summed E-state index contributed by atoms with van der Waals surface area (Å²) in [5, 5.41) is 31.7. The topological polar surface area (TPSA) is 225 Å². The van der Waals surface area contributed by atoms with Gasteiger partial charge in [-0.1, -0.05) is 0 Å². The van der Waals surface area contributed by atoms with Crippen molar-refractivity contribution in [1.29, 1.82) is 0 Å². The van der Waals surface area contributed by atoms with Gasteiger partial charge in [0, 0.05) is 6.54 Å². The number of carboxylic acids is 1. The largest absolute Gasteiger partial charge is 0.480 e. The first-order valence-electron chi connectivity index (χ1n) is 8.96. The molecule has 9 N–H and O–H groups in total. The predicted molar refractivity (Wildman–Crippen MR) is 96.8 cm³/mol. The second kappa shape index (κ2) is 10.7. The number of primary amides is 1. The number of hydrogen-bond acceptors (Lipinski definition) is 8. The van der Waals surface area contributed by atoms with Crippen LogP contribution >= 0.6 is 0 Å². The van der Waals surface area contributed by atoms with Gasteiger partial charge in [0.2, 0.25) is 23.6 Å². The maximum atomic E-state index is 12.6. The molecule has 5 atom stereocenters. The number of carboxylic acid groups (broad SMARTS) is 1. The highest BCUT2D eigenvalue weighted by Crippen LogP contribution is 2.19. The predicted octanol–water partition coefficient (Wildman–Crippen LogP) is -4.39. The molecule has 0 aliphatic carbocycles. The van der Waals surface area contributed by atoms with E-state index < -0.39 is 72.9 Å². The molecule has 13 heteroatoms. The number of aliphatic carboxylic acids is 1. The Morgan fingerprint density at radius 2 is 1.79 bits per heavy atom.